The summed E-state index contributed by atoms with van der Waals surface area (Å²) in [6.45, 7) is 2.01. The van der Waals surface area contributed by atoms with Gasteiger partial charge >= 0.3 is 0 Å². The van der Waals surface area contributed by atoms with Gasteiger partial charge in [0.25, 0.3) is 5.91 Å². The molecule has 134 valence electrons. The highest BCUT2D eigenvalue weighted by molar-refractivity contribution is 8.18. The van der Waals surface area contributed by atoms with E-state index in [-0.39, 0.29) is 11.7 Å². The number of aryl methyl sites for hydroxylation is 1. The maximum atomic E-state index is 13.2. The van der Waals surface area contributed by atoms with Gasteiger partial charge in [-0.15, -0.1) is 0 Å². The van der Waals surface area contributed by atoms with Crippen LogP contribution in [0, 0.1) is 12.7 Å². The fraction of sp³-hybridized carbons (Fsp3) is 0.0476. The Hall–Kier alpha value is -3.12. The standard InChI is InChI=1S/C21H16FN3OS/c1-14-4-8-16(9-5-14)23-21-24-20(26)19(27-21)13-18-3-2-12-25(18)17-10-6-15(22)7-11-17/h2-13H,1H3,(H,23,24,26)/b19-13+. The highest BCUT2D eigenvalue weighted by Crippen LogP contribution is 2.29. The smallest absolute Gasteiger partial charge is 0.264 e. The van der Waals surface area contributed by atoms with Crippen LogP contribution in [0.2, 0.25) is 0 Å². The molecule has 1 aromatic heterocycles. The Labute approximate surface area is 160 Å². The minimum atomic E-state index is -0.284. The lowest BCUT2D eigenvalue weighted by Crippen LogP contribution is -2.19. The summed E-state index contributed by atoms with van der Waals surface area (Å²) in [6.07, 6.45) is 3.68. The zero-order valence-corrected chi connectivity index (χ0v) is 15.3. The molecule has 1 N–H and O–H groups in total. The number of nitrogens with one attached hydrogen (secondary N) is 1. The summed E-state index contributed by atoms with van der Waals surface area (Å²) in [5.41, 5.74) is 3.60. The minimum Gasteiger partial charge on any atom is -0.317 e. The number of benzene rings is 2. The molecule has 0 radical (unpaired) electrons. The third-order valence-electron chi connectivity index (χ3n) is 4.08. The highest BCUT2D eigenvalue weighted by Gasteiger charge is 2.24. The van der Waals surface area contributed by atoms with Crippen LogP contribution in [0.1, 0.15) is 11.3 Å². The van der Waals surface area contributed by atoms with Crippen LogP contribution in [0.25, 0.3) is 11.8 Å². The van der Waals surface area contributed by atoms with Gasteiger partial charge in [0.1, 0.15) is 5.82 Å². The van der Waals surface area contributed by atoms with Crippen molar-refractivity contribution in [2.75, 3.05) is 0 Å². The number of aromatic nitrogens is 1. The molecule has 0 aliphatic carbocycles. The average molecular weight is 377 g/mol. The maximum absolute atomic E-state index is 13.2. The minimum absolute atomic E-state index is 0.183. The third kappa shape index (κ3) is 3.85. The van der Waals surface area contributed by atoms with Crippen LogP contribution in [0.15, 0.2) is 76.8 Å². The maximum Gasteiger partial charge on any atom is 0.264 e. The lowest BCUT2D eigenvalue weighted by molar-refractivity contribution is -0.115. The predicted molar refractivity (Wildman–Crippen MR) is 108 cm³/mol. The van der Waals surface area contributed by atoms with Gasteiger partial charge in [-0.3, -0.25) is 4.79 Å². The van der Waals surface area contributed by atoms with Gasteiger partial charge in [0, 0.05) is 17.6 Å². The Bertz CT molecular complexity index is 1050. The fourth-order valence-corrected chi connectivity index (χ4v) is 3.53. The molecule has 6 heteroatoms. The highest BCUT2D eigenvalue weighted by atomic mass is 32.2. The number of nitrogens with zero attached hydrogens (tertiary/aromatic N) is 2. The summed E-state index contributed by atoms with van der Waals surface area (Å²) < 4.78 is 15.1. The van der Waals surface area contributed by atoms with Crippen LogP contribution >= 0.6 is 11.8 Å². The number of amides is 1. The molecule has 2 aromatic carbocycles. The van der Waals surface area contributed by atoms with Crippen molar-refractivity contribution in [1.29, 1.82) is 0 Å². The second-order valence-electron chi connectivity index (χ2n) is 6.10. The number of amidine groups is 1. The van der Waals surface area contributed by atoms with Gasteiger partial charge in [-0.2, -0.15) is 0 Å². The van der Waals surface area contributed by atoms with Crippen LogP contribution < -0.4 is 5.32 Å². The zero-order chi connectivity index (χ0) is 18.8. The van der Waals surface area contributed by atoms with Crippen molar-refractivity contribution in [2.24, 2.45) is 4.99 Å². The van der Waals surface area contributed by atoms with Crippen LogP contribution in [0.3, 0.4) is 0 Å². The zero-order valence-electron chi connectivity index (χ0n) is 14.5. The number of carbonyl (C=O) groups is 1. The van der Waals surface area contributed by atoms with E-state index < -0.39 is 0 Å². The monoisotopic (exact) mass is 377 g/mol. The van der Waals surface area contributed by atoms with E-state index in [0.29, 0.717) is 10.1 Å². The Morgan fingerprint density at radius 3 is 2.56 bits per heavy atom. The number of rotatable bonds is 3. The molecule has 1 amide bonds. The molecule has 1 aliphatic rings. The molecule has 27 heavy (non-hydrogen) atoms. The Morgan fingerprint density at radius 2 is 1.81 bits per heavy atom. The van der Waals surface area contributed by atoms with Crippen molar-refractivity contribution in [3.05, 3.63) is 88.8 Å². The number of thioether (sulfide) groups is 1. The van der Waals surface area contributed by atoms with E-state index in [9.17, 15) is 9.18 Å². The van der Waals surface area contributed by atoms with E-state index in [1.54, 1.807) is 18.2 Å². The fourth-order valence-electron chi connectivity index (χ4n) is 2.70. The van der Waals surface area contributed by atoms with E-state index in [4.69, 9.17) is 0 Å². The van der Waals surface area contributed by atoms with E-state index in [0.717, 1.165) is 22.6 Å². The lowest BCUT2D eigenvalue weighted by atomic mass is 10.2. The van der Waals surface area contributed by atoms with Crippen LogP contribution in [-0.2, 0) is 4.79 Å². The Morgan fingerprint density at radius 1 is 1.07 bits per heavy atom. The molecule has 0 saturated carbocycles. The van der Waals surface area contributed by atoms with Crippen molar-refractivity contribution in [2.45, 2.75) is 6.92 Å². The molecule has 0 spiro atoms. The van der Waals surface area contributed by atoms with E-state index in [2.05, 4.69) is 10.3 Å². The van der Waals surface area contributed by atoms with Crippen LogP contribution in [0.4, 0.5) is 10.1 Å². The van der Waals surface area contributed by atoms with E-state index in [1.165, 1.54) is 23.9 Å². The average Bonchev–Trinajstić information content (AvgIpc) is 3.25. The largest absolute Gasteiger partial charge is 0.317 e. The molecule has 3 aromatic rings. The number of halogens is 1. The van der Waals surface area contributed by atoms with E-state index >= 15 is 0 Å². The van der Waals surface area contributed by atoms with Gasteiger partial charge in [0.15, 0.2) is 5.17 Å². The van der Waals surface area contributed by atoms with Gasteiger partial charge in [0.2, 0.25) is 0 Å². The van der Waals surface area contributed by atoms with Gasteiger partial charge in [-0.05, 0) is 73.3 Å². The predicted octanol–water partition coefficient (Wildman–Crippen LogP) is 4.82. The SMILES string of the molecule is Cc1ccc(N=C2NC(=O)/C(=C\c3cccn3-c3ccc(F)cc3)S2)cc1. The van der Waals surface area contributed by atoms with E-state index in [1.807, 2.05) is 54.1 Å². The van der Waals surface area contributed by atoms with Crippen LogP contribution in [-0.4, -0.2) is 15.6 Å². The molecule has 1 aliphatic heterocycles. The molecule has 0 unspecified atom stereocenters. The molecule has 1 saturated heterocycles. The van der Waals surface area contributed by atoms with Crippen molar-refractivity contribution >= 4 is 34.6 Å². The quantitative estimate of drug-likeness (QED) is 0.666. The van der Waals surface area contributed by atoms with Crippen molar-refractivity contribution in [3.63, 3.8) is 0 Å². The summed E-state index contributed by atoms with van der Waals surface area (Å²) >= 11 is 1.30. The first-order chi connectivity index (χ1) is 13.1. The van der Waals surface area contributed by atoms with Gasteiger partial charge in [0.05, 0.1) is 10.6 Å². The molecule has 1 fully saturated rings. The van der Waals surface area contributed by atoms with Gasteiger partial charge < -0.3 is 9.88 Å². The summed E-state index contributed by atoms with van der Waals surface area (Å²) in [7, 11) is 0. The molecule has 4 rings (SSSR count). The first-order valence-corrected chi connectivity index (χ1v) is 9.20. The normalized spacial score (nSPS) is 16.9. The topological polar surface area (TPSA) is 46.4 Å². The summed E-state index contributed by atoms with van der Waals surface area (Å²) in [6, 6.07) is 17.8. The molecular formula is C21H16FN3OS. The summed E-state index contributed by atoms with van der Waals surface area (Å²) in [4.78, 5) is 17.3. The Balaban J connectivity index is 1.60. The number of aliphatic imine (C=N–C) groups is 1. The molecule has 0 atom stereocenters. The summed E-state index contributed by atoms with van der Waals surface area (Å²) in [5.74, 6) is -0.466. The van der Waals surface area contributed by atoms with Gasteiger partial charge in [-0.1, -0.05) is 17.7 Å². The van der Waals surface area contributed by atoms with Crippen molar-refractivity contribution in [1.82, 2.24) is 9.88 Å². The molecule has 0 bridgehead atoms. The molecule has 4 nitrogen and oxygen atoms in total. The second-order valence-corrected chi connectivity index (χ2v) is 7.13. The third-order valence-corrected chi connectivity index (χ3v) is 4.99. The summed E-state index contributed by atoms with van der Waals surface area (Å²) in [5, 5.41) is 3.34. The number of carbonyl (C=O) groups excluding carboxylic acids is 1. The second kappa shape index (κ2) is 7.25. The first kappa shape index (κ1) is 17.3. The molecular weight excluding hydrogens is 361 g/mol. The molecule has 2 heterocycles. The number of hydrogen-bond donors (Lipinski definition) is 1. The van der Waals surface area contributed by atoms with Gasteiger partial charge in [-0.25, -0.2) is 9.38 Å². The first-order valence-electron chi connectivity index (χ1n) is 8.38. The van der Waals surface area contributed by atoms with Crippen LogP contribution in [0.5, 0.6) is 0 Å². The van der Waals surface area contributed by atoms with Crippen molar-refractivity contribution in [3.8, 4) is 5.69 Å². The Kier molecular flexibility index (Phi) is 4.64. The number of hydrogen-bond acceptors (Lipinski definition) is 3. The van der Waals surface area contributed by atoms with Crippen molar-refractivity contribution < 1.29 is 9.18 Å². The lowest BCUT2D eigenvalue weighted by Gasteiger charge is -2.06.